The van der Waals surface area contributed by atoms with Gasteiger partial charge in [0.05, 0.1) is 6.20 Å². The van der Waals surface area contributed by atoms with Crippen LogP contribution in [-0.2, 0) is 18.4 Å². The molecule has 2 aromatic heterocycles. The zero-order valence-corrected chi connectivity index (χ0v) is 14.4. The molecule has 1 aliphatic heterocycles. The molecule has 1 aliphatic rings. The number of carbonyl (C=O) groups excluding carboxylic acids is 1. The van der Waals surface area contributed by atoms with Crippen LogP contribution < -0.4 is 11.3 Å². The smallest absolute Gasteiger partial charge is 0.264 e. The van der Waals surface area contributed by atoms with Crippen LogP contribution >= 0.6 is 0 Å². The highest BCUT2D eigenvalue weighted by Gasteiger charge is 2.33. The monoisotopic (exact) mass is 352 g/mol. The molecule has 8 heteroatoms. The van der Waals surface area contributed by atoms with Gasteiger partial charge >= 0.3 is 0 Å². The fourth-order valence-electron chi connectivity index (χ4n) is 3.51. The maximum atomic E-state index is 12.7. The second-order valence-corrected chi connectivity index (χ2v) is 6.66. The second kappa shape index (κ2) is 6.38. The van der Waals surface area contributed by atoms with E-state index in [1.165, 1.54) is 21.8 Å². The van der Waals surface area contributed by atoms with E-state index in [2.05, 4.69) is 10.1 Å². The van der Waals surface area contributed by atoms with E-state index in [4.69, 9.17) is 5.73 Å². The van der Waals surface area contributed by atoms with Crippen LogP contribution in [0, 0.1) is 0 Å². The second-order valence-electron chi connectivity index (χ2n) is 6.66. The van der Waals surface area contributed by atoms with Crippen LogP contribution in [0.1, 0.15) is 11.5 Å². The molecule has 134 valence electrons. The van der Waals surface area contributed by atoms with E-state index in [9.17, 15) is 9.59 Å². The van der Waals surface area contributed by atoms with Crippen molar-refractivity contribution in [2.75, 3.05) is 13.1 Å². The van der Waals surface area contributed by atoms with Crippen molar-refractivity contribution in [2.45, 2.75) is 18.5 Å². The fourth-order valence-corrected chi connectivity index (χ4v) is 3.51. The number of hydrogen-bond donors (Lipinski definition) is 1. The summed E-state index contributed by atoms with van der Waals surface area (Å²) in [6.45, 7) is 0.988. The molecule has 0 spiro atoms. The van der Waals surface area contributed by atoms with Crippen LogP contribution in [0.2, 0.25) is 0 Å². The molecule has 3 heterocycles. The number of aromatic nitrogens is 4. The Morgan fingerprint density at radius 1 is 1.27 bits per heavy atom. The Morgan fingerprint density at radius 2 is 2.04 bits per heavy atom. The predicted octanol–water partition coefficient (Wildman–Crippen LogP) is 0.0833. The number of aryl methyl sites for hydroxylation is 1. The molecule has 4 rings (SSSR count). The van der Waals surface area contributed by atoms with Crippen molar-refractivity contribution in [3.8, 4) is 0 Å². The molecule has 0 unspecified atom stereocenters. The van der Waals surface area contributed by atoms with E-state index in [0.29, 0.717) is 24.1 Å². The van der Waals surface area contributed by atoms with Gasteiger partial charge in [-0.1, -0.05) is 30.3 Å². The Hall–Kier alpha value is -3.00. The van der Waals surface area contributed by atoms with Gasteiger partial charge in [-0.15, -0.1) is 0 Å². The quantitative estimate of drug-likeness (QED) is 0.720. The van der Waals surface area contributed by atoms with Gasteiger partial charge in [-0.05, 0) is 5.56 Å². The van der Waals surface area contributed by atoms with Gasteiger partial charge in [-0.3, -0.25) is 18.8 Å². The van der Waals surface area contributed by atoms with Crippen LogP contribution in [0.5, 0.6) is 0 Å². The molecule has 0 aliphatic carbocycles. The van der Waals surface area contributed by atoms with Crippen LogP contribution in [0.3, 0.4) is 0 Å². The number of carbonyl (C=O) groups is 1. The molecule has 0 radical (unpaired) electrons. The summed E-state index contributed by atoms with van der Waals surface area (Å²) in [6, 6.07) is 9.85. The predicted molar refractivity (Wildman–Crippen MR) is 96.5 cm³/mol. The molecule has 8 nitrogen and oxygen atoms in total. The van der Waals surface area contributed by atoms with Gasteiger partial charge < -0.3 is 10.6 Å². The summed E-state index contributed by atoms with van der Waals surface area (Å²) in [7, 11) is 1.72. The Kier molecular flexibility index (Phi) is 4.04. The van der Waals surface area contributed by atoms with Gasteiger partial charge in [0, 0.05) is 32.1 Å². The first-order valence-electron chi connectivity index (χ1n) is 8.50. The molecule has 1 aromatic carbocycles. The first-order valence-corrected chi connectivity index (χ1v) is 8.50. The van der Waals surface area contributed by atoms with E-state index in [1.807, 2.05) is 30.3 Å². The average molecular weight is 352 g/mol. The topological polar surface area (TPSA) is 99.0 Å². The van der Waals surface area contributed by atoms with Crippen molar-refractivity contribution in [1.82, 2.24) is 24.2 Å². The molecule has 26 heavy (non-hydrogen) atoms. The summed E-state index contributed by atoms with van der Waals surface area (Å²) in [6.07, 6.45) is 2.87. The molecule has 1 saturated heterocycles. The summed E-state index contributed by atoms with van der Waals surface area (Å²) in [4.78, 5) is 31.2. The first kappa shape index (κ1) is 16.5. The summed E-state index contributed by atoms with van der Waals surface area (Å²) in [5, 5.41) is 4.44. The highest BCUT2D eigenvalue weighted by atomic mass is 16.2. The summed E-state index contributed by atoms with van der Waals surface area (Å²) in [5.74, 6) is -0.0261. The Balaban J connectivity index is 1.52. The number of fused-ring (bicyclic) bond motifs is 1. The number of nitrogens with two attached hydrogens (primary N) is 1. The van der Waals surface area contributed by atoms with Gasteiger partial charge in [0.2, 0.25) is 5.91 Å². The normalized spacial score (nSPS) is 20.0. The fraction of sp³-hybridized carbons (Fsp3) is 0.333. The molecular formula is C18H20N6O2. The Bertz CT molecular complexity index is 1010. The van der Waals surface area contributed by atoms with Gasteiger partial charge in [0.1, 0.15) is 18.3 Å². The van der Waals surface area contributed by atoms with E-state index < -0.39 is 0 Å². The molecule has 2 atom stereocenters. The highest BCUT2D eigenvalue weighted by molar-refractivity contribution is 5.78. The number of rotatable bonds is 3. The molecule has 1 amide bonds. The minimum atomic E-state index is -0.264. The third-order valence-electron chi connectivity index (χ3n) is 4.97. The minimum Gasteiger partial charge on any atom is -0.339 e. The first-order chi connectivity index (χ1) is 12.5. The lowest BCUT2D eigenvalue weighted by molar-refractivity contribution is -0.130. The molecular weight excluding hydrogens is 332 g/mol. The van der Waals surface area contributed by atoms with E-state index in [1.54, 1.807) is 11.9 Å². The summed E-state index contributed by atoms with van der Waals surface area (Å²) >= 11 is 0. The van der Waals surface area contributed by atoms with Crippen LogP contribution in [-0.4, -0.2) is 49.3 Å². The number of likely N-dealkylation sites (tertiary alicyclic amines) is 1. The number of benzene rings is 1. The van der Waals surface area contributed by atoms with Gasteiger partial charge in [0.15, 0.2) is 5.65 Å². The maximum absolute atomic E-state index is 12.7. The maximum Gasteiger partial charge on any atom is 0.264 e. The lowest BCUT2D eigenvalue weighted by Crippen LogP contribution is -2.36. The number of amides is 1. The van der Waals surface area contributed by atoms with E-state index in [-0.39, 0.29) is 30.0 Å². The summed E-state index contributed by atoms with van der Waals surface area (Å²) in [5.41, 5.74) is 7.63. The standard InChI is InChI=1S/C18H20N6O2/c1-22-17-13(7-21-22)18(26)24(11-20-17)10-16(25)23-8-14(15(19)9-23)12-5-3-2-4-6-12/h2-7,11,14-15H,8-10,19H2,1H3/t14-,15+/m0/s1. The third-order valence-corrected chi connectivity index (χ3v) is 4.97. The van der Waals surface area contributed by atoms with Crippen LogP contribution in [0.4, 0.5) is 0 Å². The zero-order chi connectivity index (χ0) is 18.3. The Labute approximate surface area is 149 Å². The minimum absolute atomic E-state index is 0.0507. The SMILES string of the molecule is Cn1ncc2c(=O)n(CC(=O)N3C[C@@H](N)[C@H](c4ccccc4)C3)cnc21. The van der Waals surface area contributed by atoms with Crippen molar-refractivity contribution in [2.24, 2.45) is 12.8 Å². The molecule has 1 fully saturated rings. The van der Waals surface area contributed by atoms with Crippen molar-refractivity contribution >= 4 is 16.9 Å². The zero-order valence-electron chi connectivity index (χ0n) is 14.4. The van der Waals surface area contributed by atoms with Crippen molar-refractivity contribution in [3.63, 3.8) is 0 Å². The lowest BCUT2D eigenvalue weighted by Gasteiger charge is -2.17. The van der Waals surface area contributed by atoms with E-state index >= 15 is 0 Å². The lowest BCUT2D eigenvalue weighted by atomic mass is 9.95. The molecule has 3 aromatic rings. The number of hydrogen-bond acceptors (Lipinski definition) is 5. The third kappa shape index (κ3) is 2.78. The van der Waals surface area contributed by atoms with Gasteiger partial charge in [0.25, 0.3) is 5.56 Å². The average Bonchev–Trinajstić information content (AvgIpc) is 3.22. The summed E-state index contributed by atoms with van der Waals surface area (Å²) < 4.78 is 2.86. The molecule has 2 N–H and O–H groups in total. The largest absolute Gasteiger partial charge is 0.339 e. The van der Waals surface area contributed by atoms with Crippen molar-refractivity contribution in [1.29, 1.82) is 0 Å². The van der Waals surface area contributed by atoms with Crippen molar-refractivity contribution in [3.05, 3.63) is 58.8 Å². The van der Waals surface area contributed by atoms with Gasteiger partial charge in [-0.25, -0.2) is 4.98 Å². The molecule has 0 saturated carbocycles. The van der Waals surface area contributed by atoms with Gasteiger partial charge in [-0.2, -0.15) is 5.10 Å². The highest BCUT2D eigenvalue weighted by Crippen LogP contribution is 2.26. The molecule has 0 bridgehead atoms. The van der Waals surface area contributed by atoms with E-state index in [0.717, 1.165) is 5.56 Å². The van der Waals surface area contributed by atoms with Crippen LogP contribution in [0.25, 0.3) is 11.0 Å². The number of nitrogens with zero attached hydrogens (tertiary/aromatic N) is 5. The van der Waals surface area contributed by atoms with Crippen LogP contribution in [0.15, 0.2) is 47.7 Å². The van der Waals surface area contributed by atoms with Crippen molar-refractivity contribution < 1.29 is 4.79 Å². The Morgan fingerprint density at radius 3 is 2.81 bits per heavy atom.